The maximum Gasteiger partial charge on any atom is 0.192 e. The molecule has 0 amide bonds. The number of nitrogens with zero attached hydrogens (tertiary/aromatic N) is 1. The van der Waals surface area contributed by atoms with Crippen LogP contribution < -0.4 is 4.90 Å². The summed E-state index contributed by atoms with van der Waals surface area (Å²) in [6.45, 7) is 14.7. The predicted molar refractivity (Wildman–Crippen MR) is 110 cm³/mol. The Bertz CT molecular complexity index is 703. The second kappa shape index (κ2) is 6.62. The summed E-state index contributed by atoms with van der Waals surface area (Å²) < 4.78 is 6.78. The van der Waals surface area contributed by atoms with Crippen molar-refractivity contribution in [2.24, 2.45) is 0 Å². The minimum Gasteiger partial charge on any atom is -0.410 e. The third kappa shape index (κ3) is 3.68. The Morgan fingerprint density at radius 1 is 0.960 bits per heavy atom. The van der Waals surface area contributed by atoms with E-state index in [1.54, 1.807) is 0 Å². The van der Waals surface area contributed by atoms with Crippen LogP contribution in [-0.2, 0) is 4.43 Å². The van der Waals surface area contributed by atoms with Gasteiger partial charge < -0.3 is 9.33 Å². The fourth-order valence-corrected chi connectivity index (χ4v) is 4.49. The lowest BCUT2D eigenvalue weighted by Crippen LogP contribution is -2.59. The molecule has 1 aliphatic heterocycles. The van der Waals surface area contributed by atoms with E-state index in [-0.39, 0.29) is 11.1 Å². The lowest BCUT2D eigenvalue weighted by atomic mass is 9.91. The average Bonchev–Trinajstić information content (AvgIpc) is 2.52. The number of hydrogen-bond donors (Lipinski definition) is 0. The lowest BCUT2D eigenvalue weighted by molar-refractivity contribution is 0.100. The second-order valence-electron chi connectivity index (χ2n) is 8.76. The number of benzene rings is 2. The number of anilines is 1. The monoisotopic (exact) mass is 353 g/mol. The van der Waals surface area contributed by atoms with Gasteiger partial charge in [0.2, 0.25) is 0 Å². The summed E-state index contributed by atoms with van der Waals surface area (Å²) in [6, 6.07) is 20.0. The Balaban J connectivity index is 1.87. The van der Waals surface area contributed by atoms with Gasteiger partial charge in [-0.3, -0.25) is 0 Å². The zero-order valence-corrected chi connectivity index (χ0v) is 17.4. The summed E-state index contributed by atoms with van der Waals surface area (Å²) in [4.78, 5) is 2.48. The molecular formula is C22H31NOSi. The molecular weight excluding hydrogens is 322 g/mol. The molecule has 1 aliphatic rings. The average molecular weight is 354 g/mol. The number of rotatable bonds is 4. The van der Waals surface area contributed by atoms with Crippen LogP contribution in [-0.4, -0.2) is 21.0 Å². The Kier molecular flexibility index (Phi) is 4.82. The van der Waals surface area contributed by atoms with E-state index in [2.05, 4.69) is 100 Å². The van der Waals surface area contributed by atoms with Crippen molar-refractivity contribution in [2.45, 2.75) is 58.0 Å². The minimum atomic E-state index is -1.78. The molecule has 0 N–H and O–H groups in total. The molecule has 0 aliphatic carbocycles. The molecule has 2 atom stereocenters. The van der Waals surface area contributed by atoms with E-state index in [1.165, 1.54) is 16.8 Å². The molecule has 134 valence electrons. The van der Waals surface area contributed by atoms with E-state index < -0.39 is 8.32 Å². The zero-order valence-electron chi connectivity index (χ0n) is 16.4. The molecule has 25 heavy (non-hydrogen) atoms. The minimum absolute atomic E-state index is 0.235. The molecule has 1 saturated heterocycles. The highest BCUT2D eigenvalue weighted by Crippen LogP contribution is 2.45. The smallest absolute Gasteiger partial charge is 0.192 e. The van der Waals surface area contributed by atoms with Crippen LogP contribution in [0.25, 0.3) is 0 Å². The van der Waals surface area contributed by atoms with E-state index >= 15 is 0 Å². The number of aryl methyl sites for hydroxylation is 1. The van der Waals surface area contributed by atoms with Crippen molar-refractivity contribution >= 4 is 14.0 Å². The molecule has 2 nitrogen and oxygen atoms in total. The Labute approximate surface area is 154 Å². The van der Waals surface area contributed by atoms with Gasteiger partial charge in [-0.2, -0.15) is 0 Å². The fraction of sp³-hybridized carbons (Fsp3) is 0.455. The van der Waals surface area contributed by atoms with Gasteiger partial charge in [0.25, 0.3) is 0 Å². The Morgan fingerprint density at radius 3 is 2.12 bits per heavy atom. The first-order chi connectivity index (χ1) is 11.7. The maximum absolute atomic E-state index is 6.78. The fourth-order valence-electron chi connectivity index (χ4n) is 3.17. The summed E-state index contributed by atoms with van der Waals surface area (Å²) in [5.74, 6) is 0. The van der Waals surface area contributed by atoms with Crippen LogP contribution in [0.1, 0.15) is 37.9 Å². The van der Waals surface area contributed by atoms with Crippen LogP contribution in [0.5, 0.6) is 0 Å². The Hall–Kier alpha value is -1.58. The number of hydrogen-bond acceptors (Lipinski definition) is 2. The van der Waals surface area contributed by atoms with Gasteiger partial charge in [0.15, 0.2) is 8.32 Å². The van der Waals surface area contributed by atoms with Gasteiger partial charge in [-0.05, 0) is 42.8 Å². The molecule has 0 aromatic heterocycles. The third-order valence-corrected chi connectivity index (χ3v) is 10.3. The second-order valence-corrected chi connectivity index (χ2v) is 13.5. The quantitative estimate of drug-likeness (QED) is 0.630. The van der Waals surface area contributed by atoms with E-state index in [4.69, 9.17) is 4.43 Å². The van der Waals surface area contributed by atoms with Crippen molar-refractivity contribution in [3.8, 4) is 0 Å². The largest absolute Gasteiger partial charge is 0.410 e. The van der Waals surface area contributed by atoms with Gasteiger partial charge in [-0.1, -0.05) is 68.8 Å². The highest BCUT2D eigenvalue weighted by molar-refractivity contribution is 6.74. The van der Waals surface area contributed by atoms with Crippen molar-refractivity contribution in [1.82, 2.24) is 0 Å². The predicted octanol–water partition coefficient (Wildman–Crippen LogP) is 5.95. The first-order valence-electron chi connectivity index (χ1n) is 9.25. The van der Waals surface area contributed by atoms with Crippen molar-refractivity contribution < 1.29 is 4.43 Å². The van der Waals surface area contributed by atoms with Crippen molar-refractivity contribution in [3.05, 3.63) is 65.7 Å². The van der Waals surface area contributed by atoms with Crippen molar-refractivity contribution in [2.75, 3.05) is 11.4 Å². The van der Waals surface area contributed by atoms with E-state index in [0.717, 1.165) is 6.54 Å². The van der Waals surface area contributed by atoms with Crippen molar-refractivity contribution in [3.63, 3.8) is 0 Å². The van der Waals surface area contributed by atoms with Gasteiger partial charge in [-0.25, -0.2) is 0 Å². The molecule has 0 radical (unpaired) electrons. The van der Waals surface area contributed by atoms with Crippen LogP contribution in [0.15, 0.2) is 54.6 Å². The lowest BCUT2D eigenvalue weighted by Gasteiger charge is -2.53. The van der Waals surface area contributed by atoms with Crippen LogP contribution in [0.3, 0.4) is 0 Å². The standard InChI is InChI=1S/C22H31NOSi/c1-17-12-14-19(15-13-17)23-16-20(24-25(5,6)22(2,3)4)21(23)18-10-8-7-9-11-18/h7-15,20-21H,16H2,1-6H3/t20-,21-/m1/s1. The van der Waals surface area contributed by atoms with E-state index in [9.17, 15) is 0 Å². The summed E-state index contributed by atoms with van der Waals surface area (Å²) in [7, 11) is -1.78. The molecule has 3 rings (SSSR count). The van der Waals surface area contributed by atoms with Gasteiger partial charge in [0, 0.05) is 12.2 Å². The van der Waals surface area contributed by atoms with Gasteiger partial charge >= 0.3 is 0 Å². The Morgan fingerprint density at radius 2 is 1.56 bits per heavy atom. The molecule has 0 spiro atoms. The van der Waals surface area contributed by atoms with Crippen LogP contribution in [0.2, 0.25) is 18.1 Å². The molecule has 0 saturated carbocycles. The highest BCUT2D eigenvalue weighted by atomic mass is 28.4. The third-order valence-electron chi connectivity index (χ3n) is 5.82. The normalized spacial score (nSPS) is 21.1. The molecule has 0 bridgehead atoms. The zero-order chi connectivity index (χ0) is 18.2. The summed E-state index contributed by atoms with van der Waals surface area (Å²) >= 11 is 0. The van der Waals surface area contributed by atoms with Gasteiger partial charge in [0.1, 0.15) is 0 Å². The highest BCUT2D eigenvalue weighted by Gasteiger charge is 2.47. The molecule has 3 heteroatoms. The maximum atomic E-state index is 6.78. The molecule has 1 heterocycles. The topological polar surface area (TPSA) is 12.5 Å². The SMILES string of the molecule is Cc1ccc(N2C[C@@H](O[Si](C)(C)C(C)(C)C)[C@H]2c2ccccc2)cc1. The summed E-state index contributed by atoms with van der Waals surface area (Å²) in [6.07, 6.45) is 0.268. The van der Waals surface area contributed by atoms with Crippen molar-refractivity contribution in [1.29, 1.82) is 0 Å². The summed E-state index contributed by atoms with van der Waals surface area (Å²) in [5, 5.41) is 0.235. The van der Waals surface area contributed by atoms with Crippen LogP contribution in [0.4, 0.5) is 5.69 Å². The van der Waals surface area contributed by atoms with Gasteiger partial charge in [-0.15, -0.1) is 0 Å². The van der Waals surface area contributed by atoms with E-state index in [0.29, 0.717) is 6.04 Å². The molecule has 2 aromatic rings. The first-order valence-corrected chi connectivity index (χ1v) is 12.2. The van der Waals surface area contributed by atoms with Crippen LogP contribution >= 0.6 is 0 Å². The van der Waals surface area contributed by atoms with E-state index in [1.807, 2.05) is 0 Å². The molecule has 2 aromatic carbocycles. The molecule has 1 fully saturated rings. The van der Waals surface area contributed by atoms with Gasteiger partial charge in [0.05, 0.1) is 12.1 Å². The van der Waals surface area contributed by atoms with Crippen LogP contribution in [0, 0.1) is 6.92 Å². The summed E-state index contributed by atoms with van der Waals surface area (Å²) in [5.41, 5.74) is 3.93. The first kappa shape index (κ1) is 18.2. The molecule has 0 unspecified atom stereocenters.